The predicted molar refractivity (Wildman–Crippen MR) is 40.1 cm³/mol. The van der Waals surface area contributed by atoms with Crippen molar-refractivity contribution in [2.24, 2.45) is 11.8 Å². The van der Waals surface area contributed by atoms with Crippen LogP contribution >= 0.6 is 0 Å². The zero-order valence-electron chi connectivity index (χ0n) is 8.47. The van der Waals surface area contributed by atoms with Gasteiger partial charge in [0.15, 0.2) is 5.92 Å². The predicted octanol–water partition coefficient (Wildman–Crippen LogP) is 4.71. The Morgan fingerprint density at radius 2 is 1.06 bits per heavy atom. The summed E-state index contributed by atoms with van der Waals surface area (Å²) in [6.07, 6.45) is -19.1. The molecule has 0 saturated heterocycles. The van der Waals surface area contributed by atoms with E-state index in [9.17, 15) is 39.5 Å². The zero-order valence-corrected chi connectivity index (χ0v) is 8.47. The Kier molecular flexibility index (Phi) is 4.75. The van der Waals surface area contributed by atoms with Gasteiger partial charge in [0, 0.05) is 0 Å². The van der Waals surface area contributed by atoms with E-state index in [-0.39, 0.29) is 0 Å². The zero-order chi connectivity index (χ0) is 14.1. The molecule has 0 radical (unpaired) electrons. The summed E-state index contributed by atoms with van der Waals surface area (Å²) in [4.78, 5) is 0. The summed E-state index contributed by atoms with van der Waals surface area (Å²) in [5.74, 6) is -7.82. The molecule has 0 amide bonds. The maximum Gasteiger partial charge on any atom is 0.401 e. The summed E-state index contributed by atoms with van der Waals surface area (Å²) in [6.45, 7) is 1.09. The molecule has 0 bridgehead atoms. The Labute approximate surface area is 90.8 Å². The van der Waals surface area contributed by atoms with Crippen LogP contribution in [-0.2, 0) is 0 Å². The number of hydrogen-bond donors (Lipinski definition) is 0. The van der Waals surface area contributed by atoms with Crippen LogP contribution < -0.4 is 0 Å². The first-order valence-corrected chi connectivity index (χ1v) is 4.52. The fourth-order valence-corrected chi connectivity index (χ4v) is 1.47. The maximum atomic E-state index is 12.2. The molecular weight excluding hydrogens is 267 g/mol. The smallest absolute Gasteiger partial charge is 0.171 e. The monoisotopic (exact) mass is 276 g/mol. The van der Waals surface area contributed by atoms with E-state index in [1.54, 1.807) is 0 Å². The van der Waals surface area contributed by atoms with Gasteiger partial charge in [-0.15, -0.1) is 0 Å². The lowest BCUT2D eigenvalue weighted by atomic mass is 9.86. The highest BCUT2D eigenvalue weighted by Gasteiger charge is 2.65. The Hall–Kier alpha value is -0.630. The molecule has 9 heteroatoms. The van der Waals surface area contributed by atoms with Gasteiger partial charge in [0.25, 0.3) is 0 Å². The van der Waals surface area contributed by atoms with Crippen LogP contribution in [0.1, 0.15) is 19.8 Å². The van der Waals surface area contributed by atoms with E-state index in [1.807, 2.05) is 0 Å². The third-order valence-corrected chi connectivity index (χ3v) is 2.13. The van der Waals surface area contributed by atoms with Gasteiger partial charge in [-0.05, 0) is 6.42 Å². The molecule has 0 spiro atoms. The van der Waals surface area contributed by atoms with Crippen LogP contribution in [-0.4, -0.2) is 18.5 Å². The SMILES string of the molecule is CCCC(C(C(F)(F)F)C(F)(F)F)C(F)(F)F. The van der Waals surface area contributed by atoms with Gasteiger partial charge >= 0.3 is 18.5 Å². The molecule has 0 aromatic carbocycles. The van der Waals surface area contributed by atoms with Crippen LogP contribution in [0.25, 0.3) is 0 Å². The molecule has 0 nitrogen and oxygen atoms in total. The number of halogens is 9. The normalized spacial score (nSPS) is 16.4. The molecule has 0 rings (SSSR count). The van der Waals surface area contributed by atoms with E-state index in [0.29, 0.717) is 0 Å². The van der Waals surface area contributed by atoms with Gasteiger partial charge in [-0.2, -0.15) is 39.5 Å². The number of hydrogen-bond acceptors (Lipinski definition) is 0. The molecule has 17 heavy (non-hydrogen) atoms. The fourth-order valence-electron chi connectivity index (χ4n) is 1.47. The third kappa shape index (κ3) is 4.63. The minimum absolute atomic E-state index is 0.424. The summed E-state index contributed by atoms with van der Waals surface area (Å²) in [5, 5.41) is 0. The number of alkyl halides is 9. The highest BCUT2D eigenvalue weighted by Crippen LogP contribution is 2.50. The summed E-state index contributed by atoms with van der Waals surface area (Å²) in [6, 6.07) is 0. The van der Waals surface area contributed by atoms with Gasteiger partial charge in [-0.1, -0.05) is 13.3 Å². The van der Waals surface area contributed by atoms with Crippen molar-refractivity contribution in [2.75, 3.05) is 0 Å². The second-order valence-electron chi connectivity index (χ2n) is 3.50. The molecule has 0 aliphatic carbocycles. The average molecular weight is 276 g/mol. The summed E-state index contributed by atoms with van der Waals surface area (Å²) in [5.41, 5.74) is 0. The Morgan fingerprint density at radius 1 is 0.706 bits per heavy atom. The summed E-state index contributed by atoms with van der Waals surface area (Å²) in [7, 11) is 0. The molecule has 0 aromatic rings. The van der Waals surface area contributed by atoms with Crippen molar-refractivity contribution in [1.82, 2.24) is 0 Å². The highest BCUT2D eigenvalue weighted by molar-refractivity contribution is 4.86. The summed E-state index contributed by atoms with van der Waals surface area (Å²) < 4.78 is 109. The van der Waals surface area contributed by atoms with Gasteiger partial charge in [0.05, 0.1) is 5.92 Å². The average Bonchev–Trinajstić information content (AvgIpc) is 1.96. The fraction of sp³-hybridized carbons (Fsp3) is 1.00. The van der Waals surface area contributed by atoms with Crippen molar-refractivity contribution < 1.29 is 39.5 Å². The van der Waals surface area contributed by atoms with Crippen molar-refractivity contribution in [3.8, 4) is 0 Å². The molecule has 1 atom stereocenters. The van der Waals surface area contributed by atoms with E-state index in [0.717, 1.165) is 6.92 Å². The summed E-state index contributed by atoms with van der Waals surface area (Å²) >= 11 is 0. The minimum atomic E-state index is -5.96. The number of rotatable bonds is 3. The molecule has 0 saturated carbocycles. The molecule has 1 unspecified atom stereocenters. The van der Waals surface area contributed by atoms with Crippen molar-refractivity contribution in [2.45, 2.75) is 38.3 Å². The minimum Gasteiger partial charge on any atom is -0.171 e. The molecular formula is C8H9F9. The molecule has 0 fully saturated rings. The van der Waals surface area contributed by atoms with Crippen molar-refractivity contribution in [3.05, 3.63) is 0 Å². The quantitative estimate of drug-likeness (QED) is 0.655. The largest absolute Gasteiger partial charge is 0.401 e. The Morgan fingerprint density at radius 3 is 1.24 bits per heavy atom. The topological polar surface area (TPSA) is 0 Å². The molecule has 0 heterocycles. The Bertz CT molecular complexity index is 219. The first-order valence-electron chi connectivity index (χ1n) is 4.52. The van der Waals surface area contributed by atoms with Gasteiger partial charge in [0.2, 0.25) is 0 Å². The third-order valence-electron chi connectivity index (χ3n) is 2.13. The van der Waals surface area contributed by atoms with Gasteiger partial charge in [-0.3, -0.25) is 0 Å². The van der Waals surface area contributed by atoms with Crippen molar-refractivity contribution in [1.29, 1.82) is 0 Å². The van der Waals surface area contributed by atoms with Gasteiger partial charge in [-0.25, -0.2) is 0 Å². The van der Waals surface area contributed by atoms with Crippen LogP contribution in [0.3, 0.4) is 0 Å². The maximum absolute atomic E-state index is 12.2. The van der Waals surface area contributed by atoms with Crippen molar-refractivity contribution >= 4 is 0 Å². The molecule has 0 aromatic heterocycles. The van der Waals surface area contributed by atoms with Gasteiger partial charge in [0.1, 0.15) is 0 Å². The van der Waals surface area contributed by atoms with E-state index in [1.165, 1.54) is 0 Å². The molecule has 0 N–H and O–H groups in total. The second kappa shape index (κ2) is 4.93. The van der Waals surface area contributed by atoms with Gasteiger partial charge < -0.3 is 0 Å². The highest BCUT2D eigenvalue weighted by atomic mass is 19.4. The molecule has 0 aliphatic rings. The van der Waals surface area contributed by atoms with Crippen LogP contribution in [0.2, 0.25) is 0 Å². The van der Waals surface area contributed by atoms with E-state index >= 15 is 0 Å². The lowest BCUT2D eigenvalue weighted by molar-refractivity contribution is -0.334. The standard InChI is InChI=1S/C8H9F9/c1-2-3-4(6(9,10)11)5(7(12,13)14)8(15,16)17/h4-5H,2-3H2,1H3. The van der Waals surface area contributed by atoms with Crippen LogP contribution in [0.15, 0.2) is 0 Å². The Balaban J connectivity index is 5.40. The first-order chi connectivity index (χ1) is 7.31. The lowest BCUT2D eigenvalue weighted by Crippen LogP contribution is -2.47. The molecule has 0 aliphatic heterocycles. The molecule has 104 valence electrons. The van der Waals surface area contributed by atoms with Crippen molar-refractivity contribution in [3.63, 3.8) is 0 Å². The van der Waals surface area contributed by atoms with Crippen LogP contribution in [0, 0.1) is 11.8 Å². The lowest BCUT2D eigenvalue weighted by Gasteiger charge is -2.31. The van der Waals surface area contributed by atoms with Crippen LogP contribution in [0.4, 0.5) is 39.5 Å². The van der Waals surface area contributed by atoms with E-state index in [2.05, 4.69) is 0 Å². The van der Waals surface area contributed by atoms with E-state index < -0.39 is 43.2 Å². The van der Waals surface area contributed by atoms with E-state index in [4.69, 9.17) is 0 Å². The van der Waals surface area contributed by atoms with Crippen LogP contribution in [0.5, 0.6) is 0 Å². The first kappa shape index (κ1) is 16.4. The second-order valence-corrected chi connectivity index (χ2v) is 3.50.